The first-order valence-electron chi connectivity index (χ1n) is 6.11. The van der Waals surface area contributed by atoms with Gasteiger partial charge in [0.1, 0.15) is 0 Å². The molecule has 4 nitrogen and oxygen atoms in total. The summed E-state index contributed by atoms with van der Waals surface area (Å²) in [5.74, 6) is 0.891. The van der Waals surface area contributed by atoms with Crippen LogP contribution in [0.4, 0.5) is 0 Å². The quantitative estimate of drug-likeness (QED) is 0.898. The lowest BCUT2D eigenvalue weighted by molar-refractivity contribution is 0.181. The predicted octanol–water partition coefficient (Wildman–Crippen LogP) is 2.02. The maximum absolute atomic E-state index is 6.25. The highest BCUT2D eigenvalue weighted by Gasteiger charge is 2.34. The van der Waals surface area contributed by atoms with E-state index in [1.807, 2.05) is 4.68 Å². The van der Waals surface area contributed by atoms with E-state index >= 15 is 0 Å². The molecule has 0 amide bonds. The second-order valence-corrected chi connectivity index (χ2v) is 5.21. The second kappa shape index (κ2) is 5.38. The summed E-state index contributed by atoms with van der Waals surface area (Å²) in [6.07, 6.45) is 3.89. The van der Waals surface area contributed by atoms with Gasteiger partial charge in [-0.05, 0) is 18.8 Å². The molecule has 1 saturated carbocycles. The lowest BCUT2D eigenvalue weighted by Gasteiger charge is -2.20. The molecule has 1 fully saturated rings. The predicted molar refractivity (Wildman–Crippen MR) is 68.2 cm³/mol. The number of hydrogen-bond acceptors (Lipinski definition) is 3. The Kier molecular flexibility index (Phi) is 4.07. The smallest absolute Gasteiger partial charge is 0.0820 e. The van der Waals surface area contributed by atoms with Gasteiger partial charge in [-0.2, -0.15) is 5.10 Å². The second-order valence-electron chi connectivity index (χ2n) is 4.80. The summed E-state index contributed by atoms with van der Waals surface area (Å²) in [5, 5.41) is 5.08. The van der Waals surface area contributed by atoms with Crippen molar-refractivity contribution < 1.29 is 4.74 Å². The first kappa shape index (κ1) is 12.9. The maximum atomic E-state index is 6.25. The van der Waals surface area contributed by atoms with Crippen LogP contribution in [-0.2, 0) is 11.3 Å². The van der Waals surface area contributed by atoms with E-state index in [-0.39, 0.29) is 6.04 Å². The molecule has 1 heterocycles. The van der Waals surface area contributed by atoms with Gasteiger partial charge in [0.25, 0.3) is 0 Å². The standard InChI is InChI=1S/C12H20ClN3O/c1-8-9(3-4-11(8)14)12-10(13)7-15-16(12)5-6-17-2/h7-9,11H,3-6,14H2,1-2H3. The summed E-state index contributed by atoms with van der Waals surface area (Å²) in [6, 6.07) is 0.279. The van der Waals surface area contributed by atoms with Crippen LogP contribution in [0.5, 0.6) is 0 Å². The summed E-state index contributed by atoms with van der Waals surface area (Å²) < 4.78 is 7.06. The Balaban J connectivity index is 2.21. The number of halogens is 1. The van der Waals surface area contributed by atoms with Crippen LogP contribution < -0.4 is 5.73 Å². The molecule has 3 unspecified atom stereocenters. The topological polar surface area (TPSA) is 53.1 Å². The minimum absolute atomic E-state index is 0.279. The summed E-state index contributed by atoms with van der Waals surface area (Å²) in [4.78, 5) is 0. The van der Waals surface area contributed by atoms with Crippen LogP contribution in [0.25, 0.3) is 0 Å². The first-order chi connectivity index (χ1) is 8.15. The summed E-state index contributed by atoms with van der Waals surface area (Å²) in [7, 11) is 1.69. The Morgan fingerprint density at radius 2 is 2.35 bits per heavy atom. The molecule has 0 aliphatic heterocycles. The van der Waals surface area contributed by atoms with Crippen LogP contribution in [-0.4, -0.2) is 29.5 Å². The monoisotopic (exact) mass is 257 g/mol. The van der Waals surface area contributed by atoms with Gasteiger partial charge < -0.3 is 10.5 Å². The van der Waals surface area contributed by atoms with Gasteiger partial charge in [0, 0.05) is 19.1 Å². The van der Waals surface area contributed by atoms with E-state index in [0.29, 0.717) is 18.4 Å². The highest BCUT2D eigenvalue weighted by molar-refractivity contribution is 6.31. The summed E-state index contributed by atoms with van der Waals surface area (Å²) in [5.41, 5.74) is 7.21. The summed E-state index contributed by atoms with van der Waals surface area (Å²) >= 11 is 6.25. The molecular weight excluding hydrogens is 238 g/mol. The van der Waals surface area contributed by atoms with Crippen molar-refractivity contribution in [3.63, 3.8) is 0 Å². The highest BCUT2D eigenvalue weighted by atomic mass is 35.5. The number of aromatic nitrogens is 2. The molecule has 96 valence electrons. The zero-order valence-electron chi connectivity index (χ0n) is 10.4. The van der Waals surface area contributed by atoms with Gasteiger partial charge in [-0.1, -0.05) is 18.5 Å². The molecule has 0 radical (unpaired) electrons. The van der Waals surface area contributed by atoms with Crippen molar-refractivity contribution in [2.45, 2.75) is 38.3 Å². The molecule has 17 heavy (non-hydrogen) atoms. The molecule has 0 saturated heterocycles. The Bertz CT molecular complexity index is 380. The van der Waals surface area contributed by atoms with Crippen molar-refractivity contribution >= 4 is 11.6 Å². The molecule has 0 bridgehead atoms. The van der Waals surface area contributed by atoms with Crippen LogP contribution in [0.3, 0.4) is 0 Å². The number of nitrogens with two attached hydrogens (primary N) is 1. The lowest BCUT2D eigenvalue weighted by atomic mass is 9.93. The van der Waals surface area contributed by atoms with E-state index in [1.54, 1.807) is 13.3 Å². The van der Waals surface area contributed by atoms with Crippen LogP contribution in [0.15, 0.2) is 6.20 Å². The zero-order chi connectivity index (χ0) is 12.4. The van der Waals surface area contributed by atoms with Crippen LogP contribution >= 0.6 is 11.6 Å². The number of nitrogens with zero attached hydrogens (tertiary/aromatic N) is 2. The van der Waals surface area contributed by atoms with E-state index in [1.165, 1.54) is 0 Å². The lowest BCUT2D eigenvalue weighted by Crippen LogP contribution is -2.25. The van der Waals surface area contributed by atoms with Gasteiger partial charge in [0.15, 0.2) is 0 Å². The molecule has 0 aromatic carbocycles. The third-order valence-corrected chi connectivity index (χ3v) is 4.10. The van der Waals surface area contributed by atoms with E-state index in [4.69, 9.17) is 22.1 Å². The molecule has 2 rings (SSSR count). The molecule has 2 N–H and O–H groups in total. The maximum Gasteiger partial charge on any atom is 0.0820 e. The van der Waals surface area contributed by atoms with Crippen molar-refractivity contribution in [1.82, 2.24) is 9.78 Å². The molecule has 1 aromatic rings. The van der Waals surface area contributed by atoms with Crippen molar-refractivity contribution in [1.29, 1.82) is 0 Å². The zero-order valence-corrected chi connectivity index (χ0v) is 11.2. The van der Waals surface area contributed by atoms with Crippen LogP contribution in [0.2, 0.25) is 5.02 Å². The average molecular weight is 258 g/mol. The third-order valence-electron chi connectivity index (χ3n) is 3.81. The van der Waals surface area contributed by atoms with Crippen molar-refractivity contribution in [3.05, 3.63) is 16.9 Å². The minimum atomic E-state index is 0.279. The van der Waals surface area contributed by atoms with Crippen molar-refractivity contribution in [2.75, 3.05) is 13.7 Å². The van der Waals surface area contributed by atoms with Crippen molar-refractivity contribution in [3.8, 4) is 0 Å². The fourth-order valence-corrected chi connectivity index (χ4v) is 2.96. The SMILES string of the molecule is COCCn1ncc(Cl)c1C1CCC(N)C1C. The molecule has 1 aromatic heterocycles. The minimum Gasteiger partial charge on any atom is -0.383 e. The normalized spacial score (nSPS) is 28.8. The van der Waals surface area contributed by atoms with Gasteiger partial charge >= 0.3 is 0 Å². The first-order valence-corrected chi connectivity index (χ1v) is 6.48. The molecule has 1 aliphatic carbocycles. The number of rotatable bonds is 4. The van der Waals surface area contributed by atoms with Gasteiger partial charge in [-0.25, -0.2) is 0 Å². The van der Waals surface area contributed by atoms with Crippen LogP contribution in [0.1, 0.15) is 31.4 Å². The molecule has 0 spiro atoms. The third kappa shape index (κ3) is 2.49. The number of ether oxygens (including phenoxy) is 1. The fourth-order valence-electron chi connectivity index (χ4n) is 2.68. The number of methoxy groups -OCH3 is 1. The highest BCUT2D eigenvalue weighted by Crippen LogP contribution is 2.41. The van der Waals surface area contributed by atoms with Gasteiger partial charge in [-0.3, -0.25) is 4.68 Å². The Morgan fingerprint density at radius 1 is 1.59 bits per heavy atom. The van der Waals surface area contributed by atoms with E-state index in [2.05, 4.69) is 12.0 Å². The van der Waals surface area contributed by atoms with Gasteiger partial charge in [-0.15, -0.1) is 0 Å². The Labute approximate surface area is 107 Å². The largest absolute Gasteiger partial charge is 0.383 e. The van der Waals surface area contributed by atoms with Gasteiger partial charge in [0.2, 0.25) is 0 Å². The van der Waals surface area contributed by atoms with E-state index < -0.39 is 0 Å². The number of hydrogen-bond donors (Lipinski definition) is 1. The molecule has 3 atom stereocenters. The van der Waals surface area contributed by atoms with E-state index in [9.17, 15) is 0 Å². The molecular formula is C12H20ClN3O. The Morgan fingerprint density at radius 3 is 2.94 bits per heavy atom. The molecule has 1 aliphatic rings. The van der Waals surface area contributed by atoms with Crippen LogP contribution in [0, 0.1) is 5.92 Å². The summed E-state index contributed by atoms with van der Waals surface area (Å²) in [6.45, 7) is 3.60. The van der Waals surface area contributed by atoms with Crippen molar-refractivity contribution in [2.24, 2.45) is 11.7 Å². The van der Waals surface area contributed by atoms with E-state index in [0.717, 1.165) is 30.1 Å². The molecule has 5 heteroatoms. The fraction of sp³-hybridized carbons (Fsp3) is 0.750. The average Bonchev–Trinajstić information content (AvgIpc) is 2.82. The van der Waals surface area contributed by atoms with Gasteiger partial charge in [0.05, 0.1) is 30.1 Å². The Hall–Kier alpha value is -0.580.